The SMILES string of the molecule is COc1ccc2ncc3c(-c4ccc(OC)c(OCCN5CCOCC5)c4)nn(-c4ccc(C)c(C)c4)c3c2c1. The Labute approximate surface area is 234 Å². The lowest BCUT2D eigenvalue weighted by atomic mass is 10.1. The third-order valence-electron chi connectivity index (χ3n) is 7.65. The van der Waals surface area contributed by atoms with Crippen molar-refractivity contribution in [2.75, 3.05) is 53.7 Å². The van der Waals surface area contributed by atoms with Gasteiger partial charge in [-0.25, -0.2) is 4.68 Å². The van der Waals surface area contributed by atoms with Crippen LogP contribution in [-0.2, 0) is 4.74 Å². The van der Waals surface area contributed by atoms with Crippen molar-refractivity contribution in [3.63, 3.8) is 0 Å². The van der Waals surface area contributed by atoms with Gasteiger partial charge in [0.1, 0.15) is 18.1 Å². The van der Waals surface area contributed by atoms with Gasteiger partial charge in [0.15, 0.2) is 11.5 Å². The molecule has 0 N–H and O–H groups in total. The van der Waals surface area contributed by atoms with E-state index < -0.39 is 0 Å². The van der Waals surface area contributed by atoms with E-state index in [4.69, 9.17) is 29.0 Å². The lowest BCUT2D eigenvalue weighted by Gasteiger charge is -2.26. The average Bonchev–Trinajstić information content (AvgIpc) is 3.39. The van der Waals surface area contributed by atoms with Crippen molar-refractivity contribution in [1.29, 1.82) is 0 Å². The van der Waals surface area contributed by atoms with Gasteiger partial charge in [0, 0.05) is 42.2 Å². The molecule has 6 rings (SSSR count). The molecule has 0 unspecified atom stereocenters. The Morgan fingerprint density at radius 2 is 1.70 bits per heavy atom. The predicted molar refractivity (Wildman–Crippen MR) is 157 cm³/mol. The fraction of sp³-hybridized carbons (Fsp3) is 0.312. The summed E-state index contributed by atoms with van der Waals surface area (Å²) in [6.07, 6.45) is 1.91. The van der Waals surface area contributed by atoms with Crippen molar-refractivity contribution in [3.8, 4) is 34.2 Å². The van der Waals surface area contributed by atoms with E-state index in [0.29, 0.717) is 18.1 Å². The van der Waals surface area contributed by atoms with Gasteiger partial charge in [-0.2, -0.15) is 5.10 Å². The number of hydrogen-bond donors (Lipinski definition) is 0. The monoisotopic (exact) mass is 538 g/mol. The molecule has 0 saturated carbocycles. The number of nitrogens with zero attached hydrogens (tertiary/aromatic N) is 4. The summed E-state index contributed by atoms with van der Waals surface area (Å²) in [4.78, 5) is 7.14. The smallest absolute Gasteiger partial charge is 0.161 e. The third-order valence-corrected chi connectivity index (χ3v) is 7.65. The number of fused-ring (bicyclic) bond motifs is 3. The van der Waals surface area contributed by atoms with Crippen molar-refractivity contribution >= 4 is 21.8 Å². The molecule has 0 atom stereocenters. The molecule has 3 aromatic carbocycles. The van der Waals surface area contributed by atoms with Crippen LogP contribution in [-0.4, -0.2) is 73.3 Å². The van der Waals surface area contributed by atoms with Crippen LogP contribution >= 0.6 is 0 Å². The average molecular weight is 539 g/mol. The maximum atomic E-state index is 6.25. The second-order valence-electron chi connectivity index (χ2n) is 10.1. The highest BCUT2D eigenvalue weighted by Crippen LogP contribution is 2.38. The number of aromatic nitrogens is 3. The summed E-state index contributed by atoms with van der Waals surface area (Å²) in [6.45, 7) is 9.02. The van der Waals surface area contributed by atoms with E-state index in [2.05, 4.69) is 36.9 Å². The number of rotatable bonds is 8. The molecule has 0 spiro atoms. The highest BCUT2D eigenvalue weighted by Gasteiger charge is 2.20. The van der Waals surface area contributed by atoms with E-state index in [-0.39, 0.29) is 0 Å². The fourth-order valence-corrected chi connectivity index (χ4v) is 5.19. The quantitative estimate of drug-likeness (QED) is 0.255. The predicted octanol–water partition coefficient (Wildman–Crippen LogP) is 5.59. The van der Waals surface area contributed by atoms with Crippen LogP contribution in [0.1, 0.15) is 11.1 Å². The zero-order chi connectivity index (χ0) is 27.6. The molecule has 1 saturated heterocycles. The van der Waals surface area contributed by atoms with Crippen molar-refractivity contribution in [3.05, 3.63) is 71.9 Å². The molecule has 2 aromatic heterocycles. The van der Waals surface area contributed by atoms with E-state index in [1.165, 1.54) is 11.1 Å². The van der Waals surface area contributed by atoms with Gasteiger partial charge < -0.3 is 18.9 Å². The number of morpholine rings is 1. The van der Waals surface area contributed by atoms with Crippen molar-refractivity contribution in [1.82, 2.24) is 19.7 Å². The summed E-state index contributed by atoms with van der Waals surface area (Å²) >= 11 is 0. The second-order valence-corrected chi connectivity index (χ2v) is 10.1. The minimum absolute atomic E-state index is 0.559. The van der Waals surface area contributed by atoms with Gasteiger partial charge in [0.05, 0.1) is 44.2 Å². The molecule has 3 heterocycles. The van der Waals surface area contributed by atoms with Crippen LogP contribution < -0.4 is 14.2 Å². The Morgan fingerprint density at radius 1 is 0.850 bits per heavy atom. The molecule has 0 aliphatic carbocycles. The van der Waals surface area contributed by atoms with Crippen LogP contribution in [0.2, 0.25) is 0 Å². The summed E-state index contributed by atoms with van der Waals surface area (Å²) in [5.41, 5.74) is 7.05. The van der Waals surface area contributed by atoms with Gasteiger partial charge in [0.2, 0.25) is 0 Å². The molecule has 40 heavy (non-hydrogen) atoms. The lowest BCUT2D eigenvalue weighted by Crippen LogP contribution is -2.38. The molecule has 206 valence electrons. The molecule has 1 aliphatic heterocycles. The van der Waals surface area contributed by atoms with E-state index in [1.54, 1.807) is 14.2 Å². The number of methoxy groups -OCH3 is 2. The highest BCUT2D eigenvalue weighted by atomic mass is 16.5. The zero-order valence-corrected chi connectivity index (χ0v) is 23.4. The first kappa shape index (κ1) is 26.1. The number of benzene rings is 3. The first-order valence-electron chi connectivity index (χ1n) is 13.6. The van der Waals surface area contributed by atoms with Crippen LogP contribution in [0.5, 0.6) is 17.2 Å². The number of hydrogen-bond acceptors (Lipinski definition) is 7. The molecule has 0 radical (unpaired) electrons. The van der Waals surface area contributed by atoms with E-state index >= 15 is 0 Å². The topological polar surface area (TPSA) is 70.9 Å². The Morgan fingerprint density at radius 3 is 2.48 bits per heavy atom. The van der Waals surface area contributed by atoms with Crippen LogP contribution in [0.15, 0.2) is 60.8 Å². The highest BCUT2D eigenvalue weighted by molar-refractivity contribution is 6.09. The van der Waals surface area contributed by atoms with Crippen molar-refractivity contribution in [2.45, 2.75) is 13.8 Å². The maximum absolute atomic E-state index is 6.25. The third kappa shape index (κ3) is 4.96. The fourth-order valence-electron chi connectivity index (χ4n) is 5.19. The molecule has 1 fully saturated rings. The van der Waals surface area contributed by atoms with E-state index in [1.807, 2.05) is 47.3 Å². The maximum Gasteiger partial charge on any atom is 0.161 e. The Balaban J connectivity index is 1.46. The van der Waals surface area contributed by atoms with Crippen LogP contribution in [0, 0.1) is 13.8 Å². The standard InChI is InChI=1S/C32H34N4O4/c1-21-5-7-24(17-22(21)2)36-32-26-19-25(37-3)8-9-28(26)33-20-27(32)31(34-36)23-6-10-29(38-4)30(18-23)40-16-13-35-11-14-39-15-12-35/h5-10,17-20H,11-16H2,1-4H3. The molecule has 5 aromatic rings. The van der Waals surface area contributed by atoms with Gasteiger partial charge in [-0.1, -0.05) is 6.07 Å². The Hall–Kier alpha value is -4.14. The minimum atomic E-state index is 0.559. The number of ether oxygens (including phenoxy) is 4. The van der Waals surface area contributed by atoms with Gasteiger partial charge in [0.25, 0.3) is 0 Å². The summed E-state index contributed by atoms with van der Waals surface area (Å²) < 4.78 is 24.9. The van der Waals surface area contributed by atoms with Crippen molar-refractivity contribution < 1.29 is 18.9 Å². The minimum Gasteiger partial charge on any atom is -0.497 e. The van der Waals surface area contributed by atoms with E-state index in [0.717, 1.165) is 77.3 Å². The van der Waals surface area contributed by atoms with Crippen LogP contribution in [0.3, 0.4) is 0 Å². The van der Waals surface area contributed by atoms with Gasteiger partial charge in [-0.05, 0) is 73.5 Å². The number of aryl methyl sites for hydroxylation is 2. The second kappa shape index (κ2) is 11.2. The van der Waals surface area contributed by atoms with E-state index in [9.17, 15) is 0 Å². The first-order chi connectivity index (χ1) is 19.6. The zero-order valence-electron chi connectivity index (χ0n) is 23.4. The Kier molecular flexibility index (Phi) is 7.28. The molecule has 8 heteroatoms. The summed E-state index contributed by atoms with van der Waals surface area (Å²) in [5, 5.41) is 7.10. The van der Waals surface area contributed by atoms with Gasteiger partial charge >= 0.3 is 0 Å². The summed E-state index contributed by atoms with van der Waals surface area (Å²) in [5.74, 6) is 2.16. The van der Waals surface area contributed by atoms with Crippen molar-refractivity contribution in [2.24, 2.45) is 0 Å². The lowest BCUT2D eigenvalue weighted by molar-refractivity contribution is 0.0321. The Bertz CT molecular complexity index is 1670. The van der Waals surface area contributed by atoms with Crippen LogP contribution in [0.25, 0.3) is 38.8 Å². The first-order valence-corrected chi connectivity index (χ1v) is 13.6. The summed E-state index contributed by atoms with van der Waals surface area (Å²) in [7, 11) is 3.34. The summed E-state index contributed by atoms with van der Waals surface area (Å²) in [6, 6.07) is 18.3. The van der Waals surface area contributed by atoms with Gasteiger partial charge in [-0.15, -0.1) is 0 Å². The molecule has 0 amide bonds. The molecular weight excluding hydrogens is 504 g/mol. The molecule has 8 nitrogen and oxygen atoms in total. The number of pyridine rings is 1. The molecule has 1 aliphatic rings. The molecule has 0 bridgehead atoms. The largest absolute Gasteiger partial charge is 0.497 e. The molecular formula is C32H34N4O4. The van der Waals surface area contributed by atoms with Gasteiger partial charge in [-0.3, -0.25) is 9.88 Å². The normalized spacial score (nSPS) is 14.1. The van der Waals surface area contributed by atoms with Crippen LogP contribution in [0.4, 0.5) is 0 Å².